The summed E-state index contributed by atoms with van der Waals surface area (Å²) in [5, 5.41) is 0. The Labute approximate surface area is 161 Å². The summed E-state index contributed by atoms with van der Waals surface area (Å²) in [6.45, 7) is 4.49. The first kappa shape index (κ1) is 20.8. The normalized spacial score (nSPS) is 11.1. The van der Waals surface area contributed by atoms with Crippen LogP contribution in [0.25, 0.3) is 0 Å². The van der Waals surface area contributed by atoms with E-state index in [1.807, 2.05) is 0 Å². The van der Waals surface area contributed by atoms with Gasteiger partial charge in [-0.1, -0.05) is 19.4 Å². The fourth-order valence-corrected chi connectivity index (χ4v) is 3.66. The van der Waals surface area contributed by atoms with Gasteiger partial charge in [-0.25, -0.2) is 8.42 Å². The molecule has 0 aliphatic rings. The van der Waals surface area contributed by atoms with Crippen molar-refractivity contribution in [2.75, 3.05) is 25.4 Å². The molecule has 0 aliphatic heterocycles. The molecular formula is C20H26N2O4S. The quantitative estimate of drug-likeness (QED) is 0.746. The molecule has 1 amide bonds. The molecule has 146 valence electrons. The minimum absolute atomic E-state index is 0.0520. The summed E-state index contributed by atoms with van der Waals surface area (Å²) in [6.07, 6.45) is 1.88. The Bertz CT molecular complexity index is 893. The van der Waals surface area contributed by atoms with E-state index < -0.39 is 10.0 Å². The minimum Gasteiger partial charge on any atom is -0.497 e. The highest BCUT2D eigenvalue weighted by molar-refractivity contribution is 7.92. The number of aryl methyl sites for hydroxylation is 1. The lowest BCUT2D eigenvalue weighted by atomic mass is 10.1. The number of nitrogens with zero attached hydrogens (tertiary/aromatic N) is 1. The van der Waals surface area contributed by atoms with Crippen LogP contribution in [0.1, 0.15) is 35.7 Å². The van der Waals surface area contributed by atoms with Gasteiger partial charge in [-0.05, 0) is 55.3 Å². The van der Waals surface area contributed by atoms with E-state index in [9.17, 15) is 13.2 Å². The number of ether oxygens (including phenoxy) is 1. The fourth-order valence-electron chi connectivity index (χ4n) is 2.57. The Kier molecular flexibility index (Phi) is 6.85. The Balaban J connectivity index is 2.27. The number of anilines is 1. The van der Waals surface area contributed by atoms with E-state index in [0.29, 0.717) is 23.5 Å². The van der Waals surface area contributed by atoms with Crippen LogP contribution in [0.4, 0.5) is 5.69 Å². The van der Waals surface area contributed by atoms with Crippen molar-refractivity contribution >= 4 is 21.6 Å². The lowest BCUT2D eigenvalue weighted by molar-refractivity contribution is 0.0792. The van der Waals surface area contributed by atoms with Gasteiger partial charge in [0.05, 0.1) is 12.0 Å². The lowest BCUT2D eigenvalue weighted by Gasteiger charge is -2.18. The number of rotatable bonds is 8. The van der Waals surface area contributed by atoms with Crippen molar-refractivity contribution in [2.24, 2.45) is 0 Å². The van der Waals surface area contributed by atoms with Crippen LogP contribution in [-0.2, 0) is 10.0 Å². The van der Waals surface area contributed by atoms with Gasteiger partial charge in [0.1, 0.15) is 5.75 Å². The monoisotopic (exact) mass is 390 g/mol. The molecule has 1 N–H and O–H groups in total. The average molecular weight is 391 g/mol. The molecule has 0 spiro atoms. The summed E-state index contributed by atoms with van der Waals surface area (Å²) in [5.74, 6) is 0.457. The van der Waals surface area contributed by atoms with Crippen LogP contribution in [0.15, 0.2) is 47.4 Å². The van der Waals surface area contributed by atoms with Crippen LogP contribution in [0, 0.1) is 6.92 Å². The molecule has 0 unspecified atom stereocenters. The summed E-state index contributed by atoms with van der Waals surface area (Å²) in [6, 6.07) is 11.2. The summed E-state index contributed by atoms with van der Waals surface area (Å²) in [4.78, 5) is 14.4. The van der Waals surface area contributed by atoms with Crippen LogP contribution in [0.2, 0.25) is 0 Å². The molecule has 6 nitrogen and oxygen atoms in total. The largest absolute Gasteiger partial charge is 0.497 e. The van der Waals surface area contributed by atoms with Crippen LogP contribution in [0.5, 0.6) is 5.75 Å². The number of hydrogen-bond donors (Lipinski definition) is 1. The van der Waals surface area contributed by atoms with Crippen molar-refractivity contribution in [2.45, 2.75) is 31.6 Å². The molecule has 0 aliphatic carbocycles. The van der Waals surface area contributed by atoms with E-state index >= 15 is 0 Å². The lowest BCUT2D eigenvalue weighted by Crippen LogP contribution is -2.28. The smallest absolute Gasteiger partial charge is 0.261 e. The zero-order chi connectivity index (χ0) is 20.0. The first-order valence-corrected chi connectivity index (χ1v) is 10.3. The van der Waals surface area contributed by atoms with Crippen molar-refractivity contribution < 1.29 is 17.9 Å². The highest BCUT2D eigenvalue weighted by Crippen LogP contribution is 2.22. The van der Waals surface area contributed by atoms with Gasteiger partial charge in [-0.2, -0.15) is 0 Å². The Morgan fingerprint density at radius 2 is 1.81 bits per heavy atom. The van der Waals surface area contributed by atoms with E-state index in [0.717, 1.165) is 18.4 Å². The molecule has 0 atom stereocenters. The number of benzene rings is 2. The molecular weight excluding hydrogens is 364 g/mol. The van der Waals surface area contributed by atoms with Crippen molar-refractivity contribution in [1.82, 2.24) is 4.90 Å². The third-order valence-electron chi connectivity index (χ3n) is 4.29. The van der Waals surface area contributed by atoms with E-state index in [2.05, 4.69) is 11.6 Å². The molecule has 2 rings (SSSR count). The molecule has 0 saturated carbocycles. The van der Waals surface area contributed by atoms with Gasteiger partial charge in [-0.15, -0.1) is 0 Å². The Morgan fingerprint density at radius 3 is 2.41 bits per heavy atom. The first-order chi connectivity index (χ1) is 12.8. The Hall–Kier alpha value is -2.54. The molecule has 7 heteroatoms. The summed E-state index contributed by atoms with van der Waals surface area (Å²) >= 11 is 0. The molecule has 0 aromatic heterocycles. The van der Waals surface area contributed by atoms with E-state index in [4.69, 9.17) is 4.74 Å². The van der Waals surface area contributed by atoms with Crippen LogP contribution < -0.4 is 9.46 Å². The van der Waals surface area contributed by atoms with E-state index in [-0.39, 0.29) is 10.8 Å². The molecule has 27 heavy (non-hydrogen) atoms. The molecule has 2 aromatic rings. The first-order valence-electron chi connectivity index (χ1n) is 8.81. The molecule has 0 bridgehead atoms. The second kappa shape index (κ2) is 8.90. The second-order valence-corrected chi connectivity index (χ2v) is 8.07. The standard InChI is InChI=1S/C20H26N2O4S/c1-5-6-13-22(3)20(23)19-14-18(12-7-15(19)2)27(24,25)21-16-8-10-17(26-4)11-9-16/h7-12,14,21H,5-6,13H2,1-4H3. The van der Waals surface area contributed by atoms with E-state index in [1.165, 1.54) is 12.1 Å². The average Bonchev–Trinajstić information content (AvgIpc) is 2.66. The number of methoxy groups -OCH3 is 1. The number of nitrogens with one attached hydrogen (secondary N) is 1. The van der Waals surface area contributed by atoms with Gasteiger partial charge in [0, 0.05) is 24.8 Å². The van der Waals surface area contributed by atoms with Crippen LogP contribution >= 0.6 is 0 Å². The molecule has 0 radical (unpaired) electrons. The number of sulfonamides is 1. The Morgan fingerprint density at radius 1 is 1.15 bits per heavy atom. The molecule has 0 heterocycles. The van der Waals surface area contributed by atoms with Gasteiger partial charge in [0.15, 0.2) is 0 Å². The predicted molar refractivity (Wildman–Crippen MR) is 107 cm³/mol. The zero-order valence-electron chi connectivity index (χ0n) is 16.2. The maximum absolute atomic E-state index is 12.7. The maximum atomic E-state index is 12.7. The zero-order valence-corrected chi connectivity index (χ0v) is 17.0. The van der Waals surface area contributed by atoms with Crippen molar-refractivity contribution in [3.05, 3.63) is 53.6 Å². The third kappa shape index (κ3) is 5.23. The number of amides is 1. The van der Waals surface area contributed by atoms with Crippen molar-refractivity contribution in [3.63, 3.8) is 0 Å². The topological polar surface area (TPSA) is 75.7 Å². The molecule has 0 saturated heterocycles. The highest BCUT2D eigenvalue weighted by atomic mass is 32.2. The number of carbonyl (C=O) groups excluding carboxylic acids is 1. The van der Waals surface area contributed by atoms with Gasteiger partial charge in [0.25, 0.3) is 15.9 Å². The summed E-state index contributed by atoms with van der Waals surface area (Å²) in [5.41, 5.74) is 1.56. The summed E-state index contributed by atoms with van der Waals surface area (Å²) < 4.78 is 33.0. The predicted octanol–water partition coefficient (Wildman–Crippen LogP) is 3.68. The van der Waals surface area contributed by atoms with Crippen molar-refractivity contribution in [1.29, 1.82) is 0 Å². The second-order valence-electron chi connectivity index (χ2n) is 6.39. The summed E-state index contributed by atoms with van der Waals surface area (Å²) in [7, 11) is -0.536. The minimum atomic E-state index is -3.81. The van der Waals surface area contributed by atoms with Crippen molar-refractivity contribution in [3.8, 4) is 5.75 Å². The van der Waals surface area contributed by atoms with E-state index in [1.54, 1.807) is 56.3 Å². The van der Waals surface area contributed by atoms with Gasteiger partial charge < -0.3 is 9.64 Å². The van der Waals surface area contributed by atoms with Gasteiger partial charge in [0.2, 0.25) is 0 Å². The van der Waals surface area contributed by atoms with Crippen LogP contribution in [-0.4, -0.2) is 39.9 Å². The van der Waals surface area contributed by atoms with Crippen LogP contribution in [0.3, 0.4) is 0 Å². The molecule has 2 aromatic carbocycles. The van der Waals surface area contributed by atoms with Gasteiger partial charge >= 0.3 is 0 Å². The molecule has 0 fully saturated rings. The third-order valence-corrected chi connectivity index (χ3v) is 5.66. The number of hydrogen-bond acceptors (Lipinski definition) is 4. The SMILES string of the molecule is CCCCN(C)C(=O)c1cc(S(=O)(=O)Nc2ccc(OC)cc2)ccc1C. The fraction of sp³-hybridized carbons (Fsp3) is 0.350. The van der Waals surface area contributed by atoms with Gasteiger partial charge in [-0.3, -0.25) is 9.52 Å². The number of unbranched alkanes of at least 4 members (excludes halogenated alkanes) is 1. The highest BCUT2D eigenvalue weighted by Gasteiger charge is 2.20. The maximum Gasteiger partial charge on any atom is 0.261 e. The number of carbonyl (C=O) groups is 1.